The molecule has 1 N–H and O–H groups in total. The summed E-state index contributed by atoms with van der Waals surface area (Å²) in [6, 6.07) is 0.828. The van der Waals surface area contributed by atoms with Gasteiger partial charge in [0, 0.05) is 24.7 Å². The number of hydrogen-bond donors (Lipinski definition) is 1. The highest BCUT2D eigenvalue weighted by Gasteiger charge is 2.43. The molecule has 7 heteroatoms. The molecule has 0 radical (unpaired) electrons. The number of fused-ring (bicyclic) bond motifs is 2. The molecule has 0 spiro atoms. The SMILES string of the molecule is CCCN(C1CC2CCC(C1)N2)S(=O)(=O)C(C)C(=O)OC. The van der Waals surface area contributed by atoms with E-state index in [2.05, 4.69) is 10.1 Å². The molecule has 0 aliphatic carbocycles. The third kappa shape index (κ3) is 3.40. The Morgan fingerprint density at radius 1 is 1.33 bits per heavy atom. The molecular formula is C14H26N2O4S. The van der Waals surface area contributed by atoms with Gasteiger partial charge in [-0.25, -0.2) is 8.42 Å². The van der Waals surface area contributed by atoms with Crippen molar-refractivity contribution < 1.29 is 17.9 Å². The van der Waals surface area contributed by atoms with Crippen molar-refractivity contribution in [2.75, 3.05) is 13.7 Å². The van der Waals surface area contributed by atoms with Crippen molar-refractivity contribution in [3.05, 3.63) is 0 Å². The van der Waals surface area contributed by atoms with E-state index >= 15 is 0 Å². The first kappa shape index (κ1) is 16.7. The Bertz CT molecular complexity index is 467. The molecule has 2 heterocycles. The molecule has 3 unspecified atom stereocenters. The van der Waals surface area contributed by atoms with Crippen LogP contribution in [0.4, 0.5) is 0 Å². The summed E-state index contributed by atoms with van der Waals surface area (Å²) in [7, 11) is -2.44. The van der Waals surface area contributed by atoms with Crippen LogP contribution in [0.25, 0.3) is 0 Å². The highest BCUT2D eigenvalue weighted by Crippen LogP contribution is 2.32. The number of methoxy groups -OCH3 is 1. The van der Waals surface area contributed by atoms with Crippen LogP contribution in [0.15, 0.2) is 0 Å². The Morgan fingerprint density at radius 3 is 2.38 bits per heavy atom. The Morgan fingerprint density at radius 2 is 1.90 bits per heavy atom. The van der Waals surface area contributed by atoms with Crippen molar-refractivity contribution >= 4 is 16.0 Å². The first-order valence-electron chi connectivity index (χ1n) is 7.74. The zero-order chi connectivity index (χ0) is 15.6. The Hall–Kier alpha value is -0.660. The van der Waals surface area contributed by atoms with Crippen molar-refractivity contribution in [3.63, 3.8) is 0 Å². The lowest BCUT2D eigenvalue weighted by Gasteiger charge is -2.37. The summed E-state index contributed by atoms with van der Waals surface area (Å²) in [5, 5.41) is 2.38. The predicted octanol–water partition coefficient (Wildman–Crippen LogP) is 0.873. The minimum Gasteiger partial charge on any atom is -0.468 e. The van der Waals surface area contributed by atoms with Crippen LogP contribution >= 0.6 is 0 Å². The molecule has 6 nitrogen and oxygen atoms in total. The molecule has 2 fully saturated rings. The van der Waals surface area contributed by atoms with Gasteiger partial charge in [-0.2, -0.15) is 4.31 Å². The van der Waals surface area contributed by atoms with Crippen LogP contribution < -0.4 is 5.32 Å². The standard InChI is InChI=1S/C14H26N2O4S/c1-4-7-16(21(18,19)10(2)14(17)20-3)13-8-11-5-6-12(9-13)15-11/h10-13,15H,4-9H2,1-3H3. The lowest BCUT2D eigenvalue weighted by Crippen LogP contribution is -2.53. The van der Waals surface area contributed by atoms with Gasteiger partial charge in [-0.3, -0.25) is 4.79 Å². The molecule has 0 aromatic heterocycles. The first-order valence-corrected chi connectivity index (χ1v) is 9.25. The van der Waals surface area contributed by atoms with Gasteiger partial charge in [0.25, 0.3) is 0 Å². The van der Waals surface area contributed by atoms with E-state index < -0.39 is 21.2 Å². The second kappa shape index (κ2) is 6.62. The largest absolute Gasteiger partial charge is 0.468 e. The number of nitrogens with zero attached hydrogens (tertiary/aromatic N) is 1. The fraction of sp³-hybridized carbons (Fsp3) is 0.929. The van der Waals surface area contributed by atoms with Crippen molar-refractivity contribution in [2.24, 2.45) is 0 Å². The van der Waals surface area contributed by atoms with Gasteiger partial charge < -0.3 is 10.1 Å². The Kier molecular flexibility index (Phi) is 5.27. The van der Waals surface area contributed by atoms with Crippen molar-refractivity contribution in [2.45, 2.75) is 69.3 Å². The maximum Gasteiger partial charge on any atom is 0.325 e. The van der Waals surface area contributed by atoms with Crippen LogP contribution in [0.5, 0.6) is 0 Å². The average molecular weight is 318 g/mol. The van der Waals surface area contributed by atoms with Crippen LogP contribution in [-0.2, 0) is 19.6 Å². The van der Waals surface area contributed by atoms with E-state index in [1.54, 1.807) is 4.31 Å². The number of piperidine rings is 1. The van der Waals surface area contributed by atoms with Gasteiger partial charge in [-0.15, -0.1) is 0 Å². The lowest BCUT2D eigenvalue weighted by molar-refractivity contribution is -0.139. The molecule has 2 aliphatic rings. The topological polar surface area (TPSA) is 75.7 Å². The predicted molar refractivity (Wildman–Crippen MR) is 80.4 cm³/mol. The maximum absolute atomic E-state index is 12.8. The highest BCUT2D eigenvalue weighted by atomic mass is 32.2. The molecule has 122 valence electrons. The van der Waals surface area contributed by atoms with E-state index in [4.69, 9.17) is 0 Å². The summed E-state index contributed by atoms with van der Waals surface area (Å²) < 4.78 is 31.7. The monoisotopic (exact) mass is 318 g/mol. The van der Waals surface area contributed by atoms with Crippen LogP contribution in [0.1, 0.15) is 46.0 Å². The molecule has 2 bridgehead atoms. The van der Waals surface area contributed by atoms with Gasteiger partial charge in [0.2, 0.25) is 10.0 Å². The fourth-order valence-corrected chi connectivity index (χ4v) is 5.26. The third-order valence-corrected chi connectivity index (χ3v) is 6.83. The number of carbonyl (C=O) groups excluding carboxylic acids is 1. The molecule has 21 heavy (non-hydrogen) atoms. The smallest absolute Gasteiger partial charge is 0.325 e. The Labute approximate surface area is 127 Å². The van der Waals surface area contributed by atoms with E-state index in [1.807, 2.05) is 6.92 Å². The van der Waals surface area contributed by atoms with Crippen molar-refractivity contribution in [1.29, 1.82) is 0 Å². The molecule has 2 saturated heterocycles. The van der Waals surface area contributed by atoms with Crippen LogP contribution in [0.3, 0.4) is 0 Å². The van der Waals surface area contributed by atoms with Gasteiger partial charge in [0.05, 0.1) is 7.11 Å². The summed E-state index contributed by atoms with van der Waals surface area (Å²) in [5.41, 5.74) is 0. The second-order valence-corrected chi connectivity index (χ2v) is 8.29. The number of hydrogen-bond acceptors (Lipinski definition) is 5. The van der Waals surface area contributed by atoms with E-state index in [0.29, 0.717) is 18.6 Å². The third-order valence-electron chi connectivity index (χ3n) is 4.61. The zero-order valence-electron chi connectivity index (χ0n) is 13.0. The number of carbonyl (C=O) groups is 1. The van der Waals surface area contributed by atoms with E-state index in [1.165, 1.54) is 14.0 Å². The highest BCUT2D eigenvalue weighted by molar-refractivity contribution is 7.90. The van der Waals surface area contributed by atoms with Crippen LogP contribution in [-0.4, -0.2) is 55.7 Å². The maximum atomic E-state index is 12.8. The number of nitrogens with one attached hydrogen (secondary N) is 1. The molecule has 2 rings (SSSR count). The van der Waals surface area contributed by atoms with Crippen molar-refractivity contribution in [3.8, 4) is 0 Å². The summed E-state index contributed by atoms with van der Waals surface area (Å²) in [6.07, 6.45) is 4.65. The van der Waals surface area contributed by atoms with E-state index in [-0.39, 0.29) is 6.04 Å². The van der Waals surface area contributed by atoms with Gasteiger partial charge in [0.1, 0.15) is 0 Å². The fourth-order valence-electron chi connectivity index (χ4n) is 3.49. The van der Waals surface area contributed by atoms with Crippen LogP contribution in [0, 0.1) is 0 Å². The molecule has 3 atom stereocenters. The first-order chi connectivity index (χ1) is 9.90. The lowest BCUT2D eigenvalue weighted by atomic mass is 10.00. The second-order valence-electron chi connectivity index (χ2n) is 6.08. The Balaban J connectivity index is 2.19. The molecular weight excluding hydrogens is 292 g/mol. The quantitative estimate of drug-likeness (QED) is 0.736. The van der Waals surface area contributed by atoms with E-state index in [0.717, 1.165) is 32.1 Å². The summed E-state index contributed by atoms with van der Waals surface area (Å²) in [5.74, 6) is -0.687. The number of rotatable bonds is 6. The minimum atomic E-state index is -3.66. The summed E-state index contributed by atoms with van der Waals surface area (Å²) in [4.78, 5) is 11.7. The normalized spacial score (nSPS) is 30.4. The molecule has 0 aromatic rings. The zero-order valence-corrected chi connectivity index (χ0v) is 13.9. The molecule has 0 aromatic carbocycles. The van der Waals surface area contributed by atoms with Gasteiger partial charge in [0.15, 0.2) is 5.25 Å². The van der Waals surface area contributed by atoms with Crippen molar-refractivity contribution in [1.82, 2.24) is 9.62 Å². The molecule has 0 amide bonds. The number of esters is 1. The van der Waals surface area contributed by atoms with Gasteiger partial charge in [-0.05, 0) is 39.0 Å². The minimum absolute atomic E-state index is 0.000746. The van der Waals surface area contributed by atoms with Gasteiger partial charge >= 0.3 is 5.97 Å². The summed E-state index contributed by atoms with van der Waals surface area (Å²) in [6.45, 7) is 3.84. The average Bonchev–Trinajstić information content (AvgIpc) is 2.81. The van der Waals surface area contributed by atoms with Crippen LogP contribution in [0.2, 0.25) is 0 Å². The number of sulfonamides is 1. The molecule has 0 saturated carbocycles. The van der Waals surface area contributed by atoms with E-state index in [9.17, 15) is 13.2 Å². The molecule has 2 aliphatic heterocycles. The summed E-state index contributed by atoms with van der Waals surface area (Å²) >= 11 is 0. The van der Waals surface area contributed by atoms with Gasteiger partial charge in [-0.1, -0.05) is 6.92 Å². The number of ether oxygens (including phenoxy) is 1.